The average Bonchev–Trinajstić information content (AvgIpc) is 3.60. The Labute approximate surface area is 221 Å². The fourth-order valence-electron chi connectivity index (χ4n) is 5.46. The smallest absolute Gasteiger partial charge is 0.303 e. The van der Waals surface area contributed by atoms with Gasteiger partial charge in [-0.3, -0.25) is 14.2 Å². The number of benzene rings is 2. The van der Waals surface area contributed by atoms with Crippen LogP contribution in [0.25, 0.3) is 16.9 Å². The molecule has 192 valence electrons. The van der Waals surface area contributed by atoms with Crippen LogP contribution in [-0.4, -0.2) is 63.9 Å². The van der Waals surface area contributed by atoms with E-state index in [1.54, 1.807) is 6.20 Å². The molecule has 0 radical (unpaired) electrons. The standard InChI is InChI=1S/C28H29BN6O3/c29-19-9-10-23-20(16-19)21(24(36)11-12-25(37)38)17-35(23)28-31-26(33-13-3-4-14-33)30-27(32-28)34-15-5-7-18-6-1-2-8-22(18)34/h1-2,6,8-10,16-17H,3-5,7,11-15,29H2,(H,37,38). The Bertz CT molecular complexity index is 1550. The Kier molecular flexibility index (Phi) is 6.31. The molecule has 1 fully saturated rings. The van der Waals surface area contributed by atoms with Gasteiger partial charge >= 0.3 is 5.97 Å². The van der Waals surface area contributed by atoms with E-state index >= 15 is 0 Å². The van der Waals surface area contributed by atoms with E-state index in [1.807, 2.05) is 36.7 Å². The summed E-state index contributed by atoms with van der Waals surface area (Å²) in [5.74, 6) is 0.485. The number of rotatable bonds is 7. The lowest BCUT2D eigenvalue weighted by Crippen LogP contribution is -2.29. The number of nitrogens with zero attached hydrogens (tertiary/aromatic N) is 6. The number of ketones is 1. The molecule has 2 aliphatic heterocycles. The highest BCUT2D eigenvalue weighted by atomic mass is 16.4. The number of aliphatic carboxylic acids is 1. The molecule has 2 aromatic carbocycles. The predicted molar refractivity (Wildman–Crippen MR) is 149 cm³/mol. The molecule has 10 heteroatoms. The largest absolute Gasteiger partial charge is 0.481 e. The van der Waals surface area contributed by atoms with Crippen LogP contribution in [0.15, 0.2) is 48.7 Å². The number of para-hydroxylation sites is 1. The maximum Gasteiger partial charge on any atom is 0.303 e. The number of carboxylic acids is 1. The van der Waals surface area contributed by atoms with Crippen LogP contribution in [0, 0.1) is 0 Å². The fraction of sp³-hybridized carbons (Fsp3) is 0.321. The predicted octanol–water partition coefficient (Wildman–Crippen LogP) is 2.81. The molecule has 4 heterocycles. The van der Waals surface area contributed by atoms with E-state index in [-0.39, 0.29) is 18.6 Å². The molecular formula is C28H29BN6O3. The van der Waals surface area contributed by atoms with Crippen molar-refractivity contribution in [3.8, 4) is 5.95 Å². The van der Waals surface area contributed by atoms with Gasteiger partial charge in [0.15, 0.2) is 5.78 Å². The first-order chi connectivity index (χ1) is 18.5. The molecule has 0 amide bonds. The van der Waals surface area contributed by atoms with Crippen molar-refractivity contribution in [3.05, 3.63) is 59.8 Å². The minimum atomic E-state index is -0.988. The molecule has 0 spiro atoms. The Morgan fingerprint density at radius 2 is 1.66 bits per heavy atom. The molecule has 0 bridgehead atoms. The second-order valence-electron chi connectivity index (χ2n) is 10.1. The normalized spacial score (nSPS) is 15.2. The number of carbonyl (C=O) groups is 2. The van der Waals surface area contributed by atoms with Crippen LogP contribution in [0.3, 0.4) is 0 Å². The summed E-state index contributed by atoms with van der Waals surface area (Å²) in [4.78, 5) is 43.4. The van der Waals surface area contributed by atoms with Gasteiger partial charge in [-0.05, 0) is 43.4 Å². The summed E-state index contributed by atoms with van der Waals surface area (Å²) in [6.07, 6.45) is 5.70. The number of anilines is 3. The molecule has 1 saturated heterocycles. The molecule has 2 aromatic heterocycles. The average molecular weight is 508 g/mol. The maximum absolute atomic E-state index is 13.1. The van der Waals surface area contributed by atoms with Gasteiger partial charge in [-0.15, -0.1) is 0 Å². The van der Waals surface area contributed by atoms with Crippen molar-refractivity contribution in [1.82, 2.24) is 19.5 Å². The molecule has 1 N–H and O–H groups in total. The van der Waals surface area contributed by atoms with Gasteiger partial charge in [-0.2, -0.15) is 15.0 Å². The number of aromatic nitrogens is 4. The monoisotopic (exact) mass is 508 g/mol. The third-order valence-corrected chi connectivity index (χ3v) is 7.38. The molecule has 6 rings (SSSR count). The molecule has 0 saturated carbocycles. The molecule has 38 heavy (non-hydrogen) atoms. The van der Waals surface area contributed by atoms with Gasteiger partial charge in [0, 0.05) is 48.9 Å². The number of hydrogen-bond donors (Lipinski definition) is 1. The van der Waals surface area contributed by atoms with Crippen LogP contribution in [0.2, 0.25) is 0 Å². The van der Waals surface area contributed by atoms with Crippen LogP contribution in [-0.2, 0) is 11.2 Å². The van der Waals surface area contributed by atoms with E-state index in [4.69, 9.17) is 20.1 Å². The highest BCUT2D eigenvalue weighted by Gasteiger charge is 2.26. The van der Waals surface area contributed by atoms with E-state index in [9.17, 15) is 9.59 Å². The topological polar surface area (TPSA) is 104 Å². The number of Topliss-reactive ketones (excluding diaryl/α,β-unsaturated/α-hetero) is 1. The Balaban J connectivity index is 1.51. The summed E-state index contributed by atoms with van der Waals surface area (Å²) in [5, 5.41) is 9.89. The third-order valence-electron chi connectivity index (χ3n) is 7.38. The van der Waals surface area contributed by atoms with E-state index in [0.717, 1.165) is 67.4 Å². The number of hydrogen-bond acceptors (Lipinski definition) is 7. The number of aryl methyl sites for hydroxylation is 1. The number of carbonyl (C=O) groups excluding carboxylic acids is 1. The molecule has 2 aliphatic rings. The number of carboxylic acid groups (broad SMARTS) is 1. The Morgan fingerprint density at radius 1 is 0.895 bits per heavy atom. The van der Waals surface area contributed by atoms with Crippen molar-refractivity contribution in [3.63, 3.8) is 0 Å². The van der Waals surface area contributed by atoms with Crippen LogP contribution in [0.5, 0.6) is 0 Å². The first kappa shape index (κ1) is 24.1. The van der Waals surface area contributed by atoms with Crippen molar-refractivity contribution < 1.29 is 14.7 Å². The molecule has 9 nitrogen and oxygen atoms in total. The van der Waals surface area contributed by atoms with Crippen LogP contribution >= 0.6 is 0 Å². The molecule has 0 aliphatic carbocycles. The minimum Gasteiger partial charge on any atom is -0.481 e. The van der Waals surface area contributed by atoms with Crippen molar-refractivity contribution >= 4 is 53.5 Å². The van der Waals surface area contributed by atoms with Crippen molar-refractivity contribution in [1.29, 1.82) is 0 Å². The summed E-state index contributed by atoms with van der Waals surface area (Å²) >= 11 is 0. The quantitative estimate of drug-likeness (QED) is 0.300. The highest BCUT2D eigenvalue weighted by Crippen LogP contribution is 2.33. The first-order valence-corrected chi connectivity index (χ1v) is 13.2. The SMILES string of the molecule is Bc1ccc2c(c1)c(C(=O)CCC(=O)O)cn2-c1nc(N2CCCC2)nc(N2CCCc3ccccc32)n1. The summed E-state index contributed by atoms with van der Waals surface area (Å²) in [6, 6.07) is 14.3. The summed E-state index contributed by atoms with van der Waals surface area (Å²) in [5.41, 5.74) is 4.69. The van der Waals surface area contributed by atoms with E-state index < -0.39 is 5.97 Å². The highest BCUT2D eigenvalue weighted by molar-refractivity contribution is 6.33. The van der Waals surface area contributed by atoms with Crippen LogP contribution < -0.4 is 15.3 Å². The molecule has 0 atom stereocenters. The maximum atomic E-state index is 13.1. The number of fused-ring (bicyclic) bond motifs is 2. The van der Waals surface area contributed by atoms with Gasteiger partial charge in [0.05, 0.1) is 11.9 Å². The summed E-state index contributed by atoms with van der Waals surface area (Å²) in [6.45, 7) is 2.60. The zero-order valence-electron chi connectivity index (χ0n) is 21.4. The van der Waals surface area contributed by atoms with Gasteiger partial charge in [-0.1, -0.05) is 35.8 Å². The molecular weight excluding hydrogens is 479 g/mol. The van der Waals surface area contributed by atoms with Crippen molar-refractivity contribution in [2.75, 3.05) is 29.4 Å². The lowest BCUT2D eigenvalue weighted by molar-refractivity contribution is -0.136. The zero-order valence-corrected chi connectivity index (χ0v) is 21.4. The third kappa shape index (κ3) is 4.51. The van der Waals surface area contributed by atoms with Gasteiger partial charge < -0.3 is 14.9 Å². The van der Waals surface area contributed by atoms with Crippen LogP contribution in [0.4, 0.5) is 17.6 Å². The minimum absolute atomic E-state index is 0.0611. The summed E-state index contributed by atoms with van der Waals surface area (Å²) in [7, 11) is 1.97. The molecule has 4 aromatic rings. The van der Waals surface area contributed by atoms with E-state index in [1.165, 1.54) is 5.56 Å². The fourth-order valence-corrected chi connectivity index (χ4v) is 5.46. The van der Waals surface area contributed by atoms with E-state index in [0.29, 0.717) is 23.4 Å². The lowest BCUT2D eigenvalue weighted by Gasteiger charge is -2.30. The zero-order chi connectivity index (χ0) is 26.2. The van der Waals surface area contributed by atoms with Crippen molar-refractivity contribution in [2.24, 2.45) is 0 Å². The Hall–Kier alpha value is -4.21. The first-order valence-electron chi connectivity index (χ1n) is 13.2. The van der Waals surface area contributed by atoms with Gasteiger partial charge in [0.25, 0.3) is 0 Å². The van der Waals surface area contributed by atoms with Gasteiger partial charge in [-0.25, -0.2) is 0 Å². The van der Waals surface area contributed by atoms with Gasteiger partial charge in [0.2, 0.25) is 17.8 Å². The summed E-state index contributed by atoms with van der Waals surface area (Å²) < 4.78 is 1.85. The molecule has 0 unspecified atom stereocenters. The van der Waals surface area contributed by atoms with Gasteiger partial charge in [0.1, 0.15) is 7.85 Å². The van der Waals surface area contributed by atoms with E-state index in [2.05, 4.69) is 28.0 Å². The van der Waals surface area contributed by atoms with Crippen LogP contribution in [0.1, 0.15) is 48.0 Å². The van der Waals surface area contributed by atoms with Crippen molar-refractivity contribution in [2.45, 2.75) is 38.5 Å². The second kappa shape index (κ2) is 9.93. The second-order valence-corrected chi connectivity index (χ2v) is 10.1. The Morgan fingerprint density at radius 3 is 2.47 bits per heavy atom. The lowest BCUT2D eigenvalue weighted by atomic mass is 9.93.